The van der Waals surface area contributed by atoms with Gasteiger partial charge in [0.05, 0.1) is 15.6 Å². The van der Waals surface area contributed by atoms with Crippen LogP contribution in [0.3, 0.4) is 0 Å². The summed E-state index contributed by atoms with van der Waals surface area (Å²) in [4.78, 5) is 15.3. The van der Waals surface area contributed by atoms with Crippen molar-refractivity contribution in [1.29, 1.82) is 0 Å². The van der Waals surface area contributed by atoms with Gasteiger partial charge >= 0.3 is 0 Å². The smallest absolute Gasteiger partial charge is 0.231 e. The number of ether oxygens (including phenoxy) is 2. The van der Waals surface area contributed by atoms with Gasteiger partial charge in [-0.05, 0) is 48.9 Å². The van der Waals surface area contributed by atoms with Crippen LogP contribution >= 0.6 is 46.4 Å². The van der Waals surface area contributed by atoms with Crippen molar-refractivity contribution in [2.75, 3.05) is 6.73 Å². The first-order valence-electron chi connectivity index (χ1n) is 10.2. The molecule has 5 rings (SSSR count). The van der Waals surface area contributed by atoms with Gasteiger partial charge < -0.3 is 9.47 Å². The topological polar surface area (TPSA) is 38.8 Å². The van der Waals surface area contributed by atoms with Gasteiger partial charge in [0.2, 0.25) is 5.78 Å². The summed E-state index contributed by atoms with van der Waals surface area (Å²) in [5.41, 5.74) is 3.78. The number of hydrogen-bond donors (Lipinski definition) is 0. The number of benzene rings is 3. The number of allylic oxidation sites excluding steroid dienone is 1. The van der Waals surface area contributed by atoms with Crippen molar-refractivity contribution in [3.8, 4) is 11.5 Å². The van der Waals surface area contributed by atoms with Crippen molar-refractivity contribution in [1.82, 2.24) is 4.90 Å². The molecule has 2 heterocycles. The van der Waals surface area contributed by atoms with E-state index >= 15 is 0 Å². The molecule has 0 unspecified atom stereocenters. The standard InChI is InChI=1S/C25H17Cl4NO3/c1-13-24-15(11-30(12-32-24)10-14-5-6-20(28)21(29)7-14)8-17-23(31)22(33-25(13)17)9-16-18(26)3-2-4-19(16)27/h2-9H,10-12H2,1H3/b22-9-. The predicted octanol–water partition coefficient (Wildman–Crippen LogP) is 7.58. The van der Waals surface area contributed by atoms with E-state index < -0.39 is 0 Å². The Morgan fingerprint density at radius 3 is 2.45 bits per heavy atom. The van der Waals surface area contributed by atoms with Gasteiger partial charge in [0.15, 0.2) is 5.76 Å². The Morgan fingerprint density at radius 1 is 0.970 bits per heavy atom. The van der Waals surface area contributed by atoms with Crippen LogP contribution in [0.15, 0.2) is 48.2 Å². The molecule has 0 radical (unpaired) electrons. The largest absolute Gasteiger partial charge is 0.477 e. The van der Waals surface area contributed by atoms with Gasteiger partial charge in [0.25, 0.3) is 0 Å². The molecule has 0 saturated heterocycles. The Balaban J connectivity index is 1.43. The lowest BCUT2D eigenvalue weighted by Crippen LogP contribution is -2.32. The molecule has 0 atom stereocenters. The summed E-state index contributed by atoms with van der Waals surface area (Å²) in [5.74, 6) is 1.21. The summed E-state index contributed by atoms with van der Waals surface area (Å²) in [6.45, 7) is 3.54. The highest BCUT2D eigenvalue weighted by atomic mass is 35.5. The molecule has 0 aliphatic carbocycles. The molecule has 0 N–H and O–H groups in total. The van der Waals surface area contributed by atoms with Crippen LogP contribution in [0.4, 0.5) is 0 Å². The van der Waals surface area contributed by atoms with E-state index in [1.165, 1.54) is 0 Å². The lowest BCUT2D eigenvalue weighted by atomic mass is 10.00. The van der Waals surface area contributed by atoms with Crippen LogP contribution in [0.2, 0.25) is 20.1 Å². The van der Waals surface area contributed by atoms with Gasteiger partial charge in [-0.15, -0.1) is 0 Å². The van der Waals surface area contributed by atoms with E-state index in [9.17, 15) is 4.79 Å². The second-order valence-corrected chi connectivity index (χ2v) is 9.58. The average Bonchev–Trinajstić information content (AvgIpc) is 3.09. The summed E-state index contributed by atoms with van der Waals surface area (Å²) >= 11 is 24.7. The molecular formula is C25H17Cl4NO3. The molecule has 0 bridgehead atoms. The summed E-state index contributed by atoms with van der Waals surface area (Å²) in [5, 5.41) is 1.92. The summed E-state index contributed by atoms with van der Waals surface area (Å²) in [7, 11) is 0. The number of ketones is 1. The Morgan fingerprint density at radius 2 is 1.73 bits per heavy atom. The molecule has 0 fully saturated rings. The molecule has 0 saturated carbocycles. The lowest BCUT2D eigenvalue weighted by molar-refractivity contribution is 0.0876. The Kier molecular flexibility index (Phi) is 6.06. The Bertz CT molecular complexity index is 1320. The van der Waals surface area contributed by atoms with Gasteiger partial charge in [-0.25, -0.2) is 0 Å². The van der Waals surface area contributed by atoms with Crippen LogP contribution in [0.5, 0.6) is 11.5 Å². The first-order valence-corrected chi connectivity index (χ1v) is 11.7. The number of rotatable bonds is 3. The summed E-state index contributed by atoms with van der Waals surface area (Å²) < 4.78 is 12.0. The number of carbonyl (C=O) groups excluding carboxylic acids is 1. The van der Waals surface area contributed by atoms with E-state index in [0.717, 1.165) is 22.4 Å². The molecule has 8 heteroatoms. The number of halogens is 4. The maximum Gasteiger partial charge on any atom is 0.231 e. The zero-order valence-electron chi connectivity index (χ0n) is 17.4. The minimum absolute atomic E-state index is 0.179. The molecule has 0 amide bonds. The molecule has 0 aromatic heterocycles. The van der Waals surface area contributed by atoms with Crippen LogP contribution in [-0.4, -0.2) is 17.4 Å². The Hall–Kier alpha value is -2.21. The van der Waals surface area contributed by atoms with E-state index in [1.54, 1.807) is 30.3 Å². The molecular weight excluding hydrogens is 504 g/mol. The van der Waals surface area contributed by atoms with E-state index in [4.69, 9.17) is 55.9 Å². The average molecular weight is 521 g/mol. The minimum Gasteiger partial charge on any atom is -0.477 e. The van der Waals surface area contributed by atoms with Gasteiger partial charge in [0.1, 0.15) is 18.2 Å². The maximum atomic E-state index is 13.1. The van der Waals surface area contributed by atoms with E-state index in [1.807, 2.05) is 25.1 Å². The Labute approximate surface area is 211 Å². The van der Waals surface area contributed by atoms with Crippen LogP contribution in [0.1, 0.15) is 32.6 Å². The predicted molar refractivity (Wildman–Crippen MR) is 132 cm³/mol. The van der Waals surface area contributed by atoms with Crippen molar-refractivity contribution >= 4 is 58.3 Å². The molecule has 2 aliphatic heterocycles. The fraction of sp³-hybridized carbons (Fsp3) is 0.160. The summed E-state index contributed by atoms with van der Waals surface area (Å²) in [6, 6.07) is 12.6. The molecule has 4 nitrogen and oxygen atoms in total. The number of nitrogens with zero attached hydrogens (tertiary/aromatic N) is 1. The lowest BCUT2D eigenvalue weighted by Gasteiger charge is -2.30. The van der Waals surface area contributed by atoms with Crippen molar-refractivity contribution in [3.63, 3.8) is 0 Å². The second kappa shape index (κ2) is 8.86. The van der Waals surface area contributed by atoms with Crippen molar-refractivity contribution in [3.05, 3.63) is 96.1 Å². The monoisotopic (exact) mass is 519 g/mol. The van der Waals surface area contributed by atoms with Crippen LogP contribution in [-0.2, 0) is 13.1 Å². The molecule has 3 aromatic carbocycles. The zero-order valence-corrected chi connectivity index (χ0v) is 20.4. The zero-order chi connectivity index (χ0) is 23.3. The van der Waals surface area contributed by atoms with Gasteiger partial charge in [-0.2, -0.15) is 0 Å². The fourth-order valence-electron chi connectivity index (χ4n) is 4.07. The summed E-state index contributed by atoms with van der Waals surface area (Å²) in [6.07, 6.45) is 1.59. The number of carbonyl (C=O) groups is 1. The van der Waals surface area contributed by atoms with Crippen LogP contribution in [0, 0.1) is 6.92 Å². The van der Waals surface area contributed by atoms with Crippen LogP contribution < -0.4 is 9.47 Å². The third kappa shape index (κ3) is 4.23. The van der Waals surface area contributed by atoms with Gasteiger partial charge in [-0.3, -0.25) is 9.69 Å². The number of hydrogen-bond acceptors (Lipinski definition) is 4. The number of fused-ring (bicyclic) bond motifs is 2. The molecule has 2 aliphatic rings. The highest BCUT2D eigenvalue weighted by Crippen LogP contribution is 2.44. The molecule has 33 heavy (non-hydrogen) atoms. The van der Waals surface area contributed by atoms with Gasteiger partial charge in [0, 0.05) is 39.8 Å². The minimum atomic E-state index is -0.214. The van der Waals surface area contributed by atoms with E-state index in [-0.39, 0.29) is 11.5 Å². The quantitative estimate of drug-likeness (QED) is 0.333. The molecule has 168 valence electrons. The van der Waals surface area contributed by atoms with E-state index in [0.29, 0.717) is 56.8 Å². The number of Topliss-reactive ketones (excluding diaryl/α,β-unsaturated/α-hetero) is 1. The molecule has 0 spiro atoms. The second-order valence-electron chi connectivity index (χ2n) is 7.95. The highest BCUT2D eigenvalue weighted by molar-refractivity contribution is 6.42. The van der Waals surface area contributed by atoms with Crippen molar-refractivity contribution in [2.45, 2.75) is 20.0 Å². The van der Waals surface area contributed by atoms with E-state index in [2.05, 4.69) is 4.90 Å². The normalized spacial score (nSPS) is 16.4. The van der Waals surface area contributed by atoms with Crippen LogP contribution in [0.25, 0.3) is 6.08 Å². The first-order chi connectivity index (χ1) is 15.8. The third-order valence-electron chi connectivity index (χ3n) is 5.67. The SMILES string of the molecule is Cc1c2c(cc3c1O/C(=C\c1c(Cl)cccc1Cl)C3=O)CN(Cc1ccc(Cl)c(Cl)c1)CO2. The third-order valence-corrected chi connectivity index (χ3v) is 7.07. The molecule has 3 aromatic rings. The first kappa shape index (κ1) is 22.6. The van der Waals surface area contributed by atoms with Gasteiger partial charge in [-0.1, -0.05) is 58.5 Å². The highest BCUT2D eigenvalue weighted by Gasteiger charge is 2.34. The fourth-order valence-corrected chi connectivity index (χ4v) is 4.90. The maximum absolute atomic E-state index is 13.1. The van der Waals surface area contributed by atoms with Crippen molar-refractivity contribution < 1.29 is 14.3 Å². The van der Waals surface area contributed by atoms with Crippen molar-refractivity contribution in [2.24, 2.45) is 0 Å².